The van der Waals surface area contributed by atoms with Crippen LogP contribution in [0.1, 0.15) is 22.8 Å². The molecule has 0 saturated carbocycles. The summed E-state index contributed by atoms with van der Waals surface area (Å²) >= 11 is 13.5. The second kappa shape index (κ2) is 6.51. The number of hydrogen-bond donors (Lipinski definition) is 0. The lowest BCUT2D eigenvalue weighted by Crippen LogP contribution is -2.14. The number of ketones is 1. The van der Waals surface area contributed by atoms with Gasteiger partial charge in [-0.3, -0.25) is 9.20 Å². The van der Waals surface area contributed by atoms with Gasteiger partial charge in [0.1, 0.15) is 0 Å². The minimum absolute atomic E-state index is 0.0416. The number of fused-ring (bicyclic) bond motifs is 1. The monoisotopic (exact) mass is 365 g/mol. The number of aromatic nitrogens is 3. The van der Waals surface area contributed by atoms with Crippen LogP contribution < -0.4 is 0 Å². The van der Waals surface area contributed by atoms with Gasteiger partial charge in [0.15, 0.2) is 16.6 Å². The highest BCUT2D eigenvalue weighted by molar-refractivity contribution is 8.00. The quantitative estimate of drug-likeness (QED) is 0.496. The molecule has 0 saturated heterocycles. The molecule has 0 aliphatic heterocycles. The SMILES string of the molecule is Cc1ccc(C(=O)[C@H](C)Sc2nnc3c(Cl)cc(Cl)cn23)cc1. The number of carbonyl (C=O) groups excluding carboxylic acids is 1. The van der Waals surface area contributed by atoms with Crippen molar-refractivity contribution >= 4 is 46.4 Å². The predicted molar refractivity (Wildman–Crippen MR) is 93.8 cm³/mol. The number of carbonyl (C=O) groups is 1. The molecule has 118 valence electrons. The standard InChI is InChI=1S/C16H13Cl2N3OS/c1-9-3-5-11(6-4-9)14(22)10(2)23-16-20-19-15-13(18)7-12(17)8-21(15)16/h3-8,10H,1-2H3/t10-/m0/s1. The van der Waals surface area contributed by atoms with Crippen LogP contribution >= 0.6 is 35.0 Å². The summed E-state index contributed by atoms with van der Waals surface area (Å²) in [6, 6.07) is 9.14. The highest BCUT2D eigenvalue weighted by Crippen LogP contribution is 2.28. The lowest BCUT2D eigenvalue weighted by atomic mass is 10.1. The summed E-state index contributed by atoms with van der Waals surface area (Å²) < 4.78 is 1.70. The third-order valence-corrected chi connectivity index (χ3v) is 4.92. The van der Waals surface area contributed by atoms with E-state index in [2.05, 4.69) is 10.2 Å². The van der Waals surface area contributed by atoms with E-state index in [-0.39, 0.29) is 11.0 Å². The number of aryl methyl sites for hydroxylation is 1. The second-order valence-electron chi connectivity index (χ2n) is 5.17. The number of hydrogen-bond acceptors (Lipinski definition) is 4. The number of nitrogens with zero attached hydrogens (tertiary/aromatic N) is 3. The fourth-order valence-corrected chi connectivity index (χ4v) is 3.56. The van der Waals surface area contributed by atoms with Crippen molar-refractivity contribution in [2.45, 2.75) is 24.3 Å². The first kappa shape index (κ1) is 16.3. The van der Waals surface area contributed by atoms with Crippen molar-refractivity contribution in [3.63, 3.8) is 0 Å². The van der Waals surface area contributed by atoms with Crippen LogP contribution in [0, 0.1) is 6.92 Å². The molecule has 0 unspecified atom stereocenters. The molecular weight excluding hydrogens is 353 g/mol. The van der Waals surface area contributed by atoms with E-state index in [0.717, 1.165) is 5.56 Å². The summed E-state index contributed by atoms with van der Waals surface area (Å²) in [5.74, 6) is 0.0416. The van der Waals surface area contributed by atoms with Gasteiger partial charge in [0.2, 0.25) is 0 Å². The zero-order chi connectivity index (χ0) is 16.6. The Hall–Kier alpha value is -1.56. The third kappa shape index (κ3) is 3.37. The van der Waals surface area contributed by atoms with Crippen LogP contribution in [0.25, 0.3) is 5.65 Å². The van der Waals surface area contributed by atoms with E-state index in [1.807, 2.05) is 38.1 Å². The highest BCUT2D eigenvalue weighted by atomic mass is 35.5. The summed E-state index contributed by atoms with van der Waals surface area (Å²) in [5.41, 5.74) is 2.32. The minimum atomic E-state index is -0.303. The Kier molecular flexibility index (Phi) is 4.62. The van der Waals surface area contributed by atoms with Crippen molar-refractivity contribution in [1.29, 1.82) is 0 Å². The van der Waals surface area contributed by atoms with Gasteiger partial charge in [0, 0.05) is 11.8 Å². The molecule has 0 amide bonds. The molecule has 4 nitrogen and oxygen atoms in total. The van der Waals surface area contributed by atoms with Crippen LogP contribution in [-0.4, -0.2) is 25.6 Å². The van der Waals surface area contributed by atoms with Crippen LogP contribution in [-0.2, 0) is 0 Å². The van der Waals surface area contributed by atoms with Crippen molar-refractivity contribution in [2.24, 2.45) is 0 Å². The number of rotatable bonds is 4. The van der Waals surface area contributed by atoms with E-state index in [0.29, 0.717) is 26.4 Å². The molecule has 2 aromatic heterocycles. The Balaban J connectivity index is 1.86. The zero-order valence-corrected chi connectivity index (χ0v) is 14.8. The van der Waals surface area contributed by atoms with E-state index in [1.54, 1.807) is 16.7 Å². The lowest BCUT2D eigenvalue weighted by molar-refractivity contribution is 0.0994. The molecule has 3 aromatic rings. The summed E-state index contributed by atoms with van der Waals surface area (Å²) in [6.45, 7) is 3.84. The van der Waals surface area contributed by atoms with Crippen molar-refractivity contribution in [1.82, 2.24) is 14.6 Å². The predicted octanol–water partition coefficient (Wildman–Crippen LogP) is 4.71. The first-order chi connectivity index (χ1) is 11.0. The van der Waals surface area contributed by atoms with Gasteiger partial charge in [0.05, 0.1) is 15.3 Å². The van der Waals surface area contributed by atoms with Gasteiger partial charge in [-0.2, -0.15) is 0 Å². The van der Waals surface area contributed by atoms with E-state index < -0.39 is 0 Å². The molecule has 0 bridgehead atoms. The maximum absolute atomic E-state index is 12.5. The number of halogens is 2. The molecule has 1 atom stereocenters. The second-order valence-corrected chi connectivity index (χ2v) is 7.32. The smallest absolute Gasteiger partial charge is 0.196 e. The van der Waals surface area contributed by atoms with Crippen LogP contribution in [0.15, 0.2) is 41.7 Å². The Morgan fingerprint density at radius 1 is 1.22 bits per heavy atom. The van der Waals surface area contributed by atoms with Gasteiger partial charge in [-0.05, 0) is 19.9 Å². The largest absolute Gasteiger partial charge is 0.293 e. The normalized spacial score (nSPS) is 12.5. The van der Waals surface area contributed by atoms with Crippen LogP contribution in [0.2, 0.25) is 10.0 Å². The highest BCUT2D eigenvalue weighted by Gasteiger charge is 2.20. The maximum Gasteiger partial charge on any atom is 0.196 e. The summed E-state index contributed by atoms with van der Waals surface area (Å²) in [4.78, 5) is 12.5. The van der Waals surface area contributed by atoms with Gasteiger partial charge in [-0.15, -0.1) is 10.2 Å². The summed E-state index contributed by atoms with van der Waals surface area (Å²) in [6.07, 6.45) is 1.69. The van der Waals surface area contributed by atoms with E-state index in [1.165, 1.54) is 11.8 Å². The van der Waals surface area contributed by atoms with E-state index >= 15 is 0 Å². The van der Waals surface area contributed by atoms with E-state index in [9.17, 15) is 4.79 Å². The molecule has 0 aliphatic carbocycles. The van der Waals surface area contributed by atoms with Crippen molar-refractivity contribution < 1.29 is 4.79 Å². The number of benzene rings is 1. The first-order valence-corrected chi connectivity index (χ1v) is 8.56. The molecule has 1 aromatic carbocycles. The first-order valence-electron chi connectivity index (χ1n) is 6.93. The molecule has 23 heavy (non-hydrogen) atoms. The Bertz CT molecular complexity index is 877. The van der Waals surface area contributed by atoms with Gasteiger partial charge < -0.3 is 0 Å². The number of thioether (sulfide) groups is 1. The molecule has 7 heteroatoms. The van der Waals surface area contributed by atoms with Gasteiger partial charge in [0.25, 0.3) is 0 Å². The Morgan fingerprint density at radius 2 is 1.91 bits per heavy atom. The molecule has 0 fully saturated rings. The molecular formula is C16H13Cl2N3OS. The molecule has 0 radical (unpaired) electrons. The summed E-state index contributed by atoms with van der Waals surface area (Å²) in [7, 11) is 0. The molecule has 3 rings (SSSR count). The van der Waals surface area contributed by atoms with Crippen molar-refractivity contribution in [3.8, 4) is 0 Å². The number of pyridine rings is 1. The van der Waals surface area contributed by atoms with Gasteiger partial charge in [-0.1, -0.05) is 64.8 Å². The zero-order valence-electron chi connectivity index (χ0n) is 12.5. The molecule has 0 N–H and O–H groups in total. The Morgan fingerprint density at radius 3 is 2.61 bits per heavy atom. The van der Waals surface area contributed by atoms with Crippen molar-refractivity contribution in [3.05, 3.63) is 57.7 Å². The topological polar surface area (TPSA) is 47.3 Å². The fourth-order valence-electron chi connectivity index (χ4n) is 2.15. The molecule has 0 aliphatic rings. The van der Waals surface area contributed by atoms with Crippen molar-refractivity contribution in [2.75, 3.05) is 0 Å². The lowest BCUT2D eigenvalue weighted by Gasteiger charge is -2.09. The Labute approximate surface area is 147 Å². The minimum Gasteiger partial charge on any atom is -0.293 e. The van der Waals surface area contributed by atoms with Crippen LogP contribution in [0.4, 0.5) is 0 Å². The van der Waals surface area contributed by atoms with E-state index in [4.69, 9.17) is 23.2 Å². The van der Waals surface area contributed by atoms with Crippen LogP contribution in [0.3, 0.4) is 0 Å². The van der Waals surface area contributed by atoms with Gasteiger partial charge >= 0.3 is 0 Å². The maximum atomic E-state index is 12.5. The van der Waals surface area contributed by atoms with Gasteiger partial charge in [-0.25, -0.2) is 0 Å². The molecule has 0 spiro atoms. The average Bonchev–Trinajstić information content (AvgIpc) is 2.90. The fraction of sp³-hybridized carbons (Fsp3) is 0.188. The number of Topliss-reactive ketones (excluding diaryl/α,β-unsaturated/α-hetero) is 1. The van der Waals surface area contributed by atoms with Crippen LogP contribution in [0.5, 0.6) is 0 Å². The average molecular weight is 366 g/mol. The summed E-state index contributed by atoms with van der Waals surface area (Å²) in [5, 5.41) is 9.35. The third-order valence-electron chi connectivity index (χ3n) is 3.38. The molecule has 2 heterocycles.